The Morgan fingerprint density at radius 3 is 2.45 bits per heavy atom. The minimum Gasteiger partial charge on any atom is -0.496 e. The van der Waals surface area contributed by atoms with Gasteiger partial charge >= 0.3 is 5.97 Å². The van der Waals surface area contributed by atoms with Gasteiger partial charge in [-0.05, 0) is 41.5 Å². The molecule has 2 N–H and O–H groups in total. The lowest BCUT2D eigenvalue weighted by atomic mass is 9.91. The number of nitrogens with one attached hydrogen (secondary N) is 1. The Balaban J connectivity index is 1.49. The van der Waals surface area contributed by atoms with Gasteiger partial charge in [0.05, 0.1) is 37.7 Å². The minimum atomic E-state index is -1.09. The van der Waals surface area contributed by atoms with Gasteiger partial charge in [-0.15, -0.1) is 0 Å². The number of carboxylic acid groups (broad SMARTS) is 1. The van der Waals surface area contributed by atoms with Crippen LogP contribution in [0.3, 0.4) is 0 Å². The van der Waals surface area contributed by atoms with Gasteiger partial charge in [0.25, 0.3) is 0 Å². The second kappa shape index (κ2) is 11.1. The zero-order valence-electron chi connectivity index (χ0n) is 22.8. The summed E-state index contributed by atoms with van der Waals surface area (Å²) in [5.74, 6) is -0.652. The average molecular weight is 561 g/mol. The molecule has 8 nitrogen and oxygen atoms in total. The second-order valence-electron chi connectivity index (χ2n) is 9.52. The number of carboxylic acids is 1. The number of nitrogens with zero attached hydrogens (tertiary/aromatic N) is 3. The number of ether oxygens (including phenoxy) is 2. The predicted molar refractivity (Wildman–Crippen MR) is 158 cm³/mol. The first-order valence-electron chi connectivity index (χ1n) is 13.1. The van der Waals surface area contributed by atoms with Crippen LogP contribution in [-0.2, 0) is 6.54 Å². The highest BCUT2D eigenvalue weighted by atomic mass is 19.1. The third-order valence-electron chi connectivity index (χ3n) is 7.03. The summed E-state index contributed by atoms with van der Waals surface area (Å²) < 4.78 is 26.2. The smallest absolute Gasteiger partial charge is 0.339 e. The summed E-state index contributed by atoms with van der Waals surface area (Å²) in [5.41, 5.74) is 6.15. The highest BCUT2D eigenvalue weighted by molar-refractivity contribution is 6.18. The first kappa shape index (κ1) is 26.6. The van der Waals surface area contributed by atoms with Crippen molar-refractivity contribution < 1.29 is 23.8 Å². The van der Waals surface area contributed by atoms with E-state index in [0.717, 1.165) is 22.3 Å². The lowest BCUT2D eigenvalue weighted by molar-refractivity contribution is 0.0693. The fourth-order valence-electron chi connectivity index (χ4n) is 5.01. The van der Waals surface area contributed by atoms with Crippen LogP contribution in [0.4, 0.5) is 16.0 Å². The van der Waals surface area contributed by atoms with E-state index >= 15 is 4.39 Å². The first-order valence-corrected chi connectivity index (χ1v) is 13.1. The quantitative estimate of drug-likeness (QED) is 0.227. The van der Waals surface area contributed by atoms with Crippen molar-refractivity contribution in [2.45, 2.75) is 6.54 Å². The number of aliphatic imine (C=N–C) groups is 1. The molecule has 1 aliphatic rings. The van der Waals surface area contributed by atoms with Crippen molar-refractivity contribution in [2.75, 3.05) is 19.5 Å². The van der Waals surface area contributed by atoms with Crippen LogP contribution in [0.15, 0.2) is 96.1 Å². The molecule has 0 atom stereocenters. The molecule has 208 valence electrons. The number of anilines is 2. The van der Waals surface area contributed by atoms with E-state index in [1.807, 2.05) is 48.5 Å². The molecule has 0 saturated carbocycles. The third kappa shape index (κ3) is 4.92. The van der Waals surface area contributed by atoms with Gasteiger partial charge in [0.1, 0.15) is 22.9 Å². The normalized spacial score (nSPS) is 11.9. The molecule has 4 aromatic carbocycles. The van der Waals surface area contributed by atoms with Crippen molar-refractivity contribution in [3.63, 3.8) is 0 Å². The van der Waals surface area contributed by atoms with E-state index in [9.17, 15) is 9.90 Å². The average Bonchev–Trinajstić information content (AvgIpc) is 3.17. The summed E-state index contributed by atoms with van der Waals surface area (Å²) >= 11 is 0. The summed E-state index contributed by atoms with van der Waals surface area (Å²) in [4.78, 5) is 25.7. The van der Waals surface area contributed by atoms with Crippen LogP contribution in [0.2, 0.25) is 0 Å². The molecule has 0 bridgehead atoms. The van der Waals surface area contributed by atoms with E-state index in [0.29, 0.717) is 34.4 Å². The van der Waals surface area contributed by atoms with Crippen LogP contribution < -0.4 is 14.8 Å². The number of halogens is 1. The van der Waals surface area contributed by atoms with Crippen LogP contribution in [0.1, 0.15) is 27.0 Å². The summed E-state index contributed by atoms with van der Waals surface area (Å²) in [6.07, 6.45) is 1.69. The molecular formula is C33H25FN4O4. The molecule has 0 amide bonds. The Bertz CT molecular complexity index is 1860. The van der Waals surface area contributed by atoms with E-state index in [1.165, 1.54) is 26.4 Å². The minimum absolute atomic E-state index is 0.0438. The van der Waals surface area contributed by atoms with Crippen LogP contribution >= 0.6 is 0 Å². The van der Waals surface area contributed by atoms with E-state index in [2.05, 4.69) is 10.3 Å². The van der Waals surface area contributed by atoms with Crippen LogP contribution in [-0.4, -0.2) is 41.0 Å². The van der Waals surface area contributed by atoms with Crippen molar-refractivity contribution in [1.29, 1.82) is 0 Å². The van der Waals surface area contributed by atoms with Crippen LogP contribution in [0.5, 0.6) is 11.5 Å². The van der Waals surface area contributed by atoms with Crippen molar-refractivity contribution in [2.24, 2.45) is 4.99 Å². The van der Waals surface area contributed by atoms with Crippen LogP contribution in [0.25, 0.3) is 22.4 Å². The third-order valence-corrected chi connectivity index (χ3v) is 7.03. The fraction of sp³-hybridized carbons (Fsp3) is 0.0909. The van der Waals surface area contributed by atoms with E-state index in [1.54, 1.807) is 30.5 Å². The van der Waals surface area contributed by atoms with Crippen molar-refractivity contribution in [1.82, 2.24) is 9.97 Å². The van der Waals surface area contributed by atoms with E-state index in [4.69, 9.17) is 19.5 Å². The Morgan fingerprint density at radius 1 is 0.881 bits per heavy atom. The van der Waals surface area contributed by atoms with Crippen molar-refractivity contribution in [3.05, 3.63) is 119 Å². The number of aromatic carboxylic acids is 1. The van der Waals surface area contributed by atoms with Crippen molar-refractivity contribution in [3.8, 4) is 33.9 Å². The molecule has 1 aliphatic heterocycles. The summed E-state index contributed by atoms with van der Waals surface area (Å²) in [5, 5.41) is 12.5. The largest absolute Gasteiger partial charge is 0.496 e. The highest BCUT2D eigenvalue weighted by Crippen LogP contribution is 2.37. The standard InChI is InChI=1S/C33H25FN4O4/c1-41-27-10-6-9-26(34)29(27)31-25-15-20(19-7-4-3-5-8-19)11-13-23(25)30-21(17-35-31)18-36-33(38-30)37-22-12-14-24(32(39)40)28(16-22)42-2/h3-16,18H,17H2,1-2H3,(H,39,40)(H,36,37,38). The molecule has 0 unspecified atom stereocenters. The topological polar surface area (TPSA) is 106 Å². The second-order valence-corrected chi connectivity index (χ2v) is 9.52. The number of rotatable bonds is 7. The highest BCUT2D eigenvalue weighted by Gasteiger charge is 2.26. The monoisotopic (exact) mass is 560 g/mol. The molecule has 6 rings (SSSR count). The van der Waals surface area contributed by atoms with Gasteiger partial charge in [-0.3, -0.25) is 4.99 Å². The van der Waals surface area contributed by atoms with Gasteiger partial charge in [0.15, 0.2) is 0 Å². The Hall–Kier alpha value is -5.57. The van der Waals surface area contributed by atoms with Crippen LogP contribution in [0, 0.1) is 5.82 Å². The molecule has 9 heteroatoms. The van der Waals surface area contributed by atoms with Gasteiger partial charge in [0, 0.05) is 34.6 Å². The molecule has 0 spiro atoms. The molecule has 42 heavy (non-hydrogen) atoms. The number of benzene rings is 4. The Labute approximate surface area is 241 Å². The maximum absolute atomic E-state index is 15.4. The lowest BCUT2D eigenvalue weighted by Crippen LogP contribution is -2.10. The number of fused-ring (bicyclic) bond motifs is 3. The molecule has 0 fully saturated rings. The van der Waals surface area contributed by atoms with Crippen molar-refractivity contribution >= 4 is 23.3 Å². The maximum Gasteiger partial charge on any atom is 0.339 e. The van der Waals surface area contributed by atoms with Gasteiger partial charge in [-0.1, -0.05) is 48.5 Å². The maximum atomic E-state index is 15.4. The zero-order chi connectivity index (χ0) is 29.2. The van der Waals surface area contributed by atoms with E-state index in [-0.39, 0.29) is 23.4 Å². The molecule has 1 aromatic heterocycles. The SMILES string of the molecule is COc1cc(Nc2ncc3c(n2)-c2ccc(-c4ccccc4)cc2C(c2c(F)cccc2OC)=NC3)ccc1C(=O)O. The van der Waals surface area contributed by atoms with Gasteiger partial charge in [0.2, 0.25) is 5.95 Å². The Morgan fingerprint density at radius 2 is 1.69 bits per heavy atom. The number of hydrogen-bond donors (Lipinski definition) is 2. The predicted octanol–water partition coefficient (Wildman–Crippen LogP) is 6.76. The summed E-state index contributed by atoms with van der Waals surface area (Å²) in [6.45, 7) is 0.221. The summed E-state index contributed by atoms with van der Waals surface area (Å²) in [7, 11) is 2.92. The molecule has 0 aliphatic carbocycles. The lowest BCUT2D eigenvalue weighted by Gasteiger charge is -2.16. The molecule has 0 saturated heterocycles. The number of methoxy groups -OCH3 is 2. The van der Waals surface area contributed by atoms with Gasteiger partial charge in [-0.25, -0.2) is 19.2 Å². The Kier molecular flexibility index (Phi) is 7.06. The number of carbonyl (C=O) groups is 1. The molecule has 0 radical (unpaired) electrons. The van der Waals surface area contributed by atoms with Gasteiger partial charge < -0.3 is 19.9 Å². The molecule has 2 heterocycles. The zero-order valence-corrected chi connectivity index (χ0v) is 22.8. The summed E-state index contributed by atoms with van der Waals surface area (Å²) in [6, 6.07) is 25.2. The molecule has 5 aromatic rings. The fourth-order valence-corrected chi connectivity index (χ4v) is 5.01. The first-order chi connectivity index (χ1) is 20.5. The van der Waals surface area contributed by atoms with Gasteiger partial charge in [-0.2, -0.15) is 0 Å². The number of hydrogen-bond acceptors (Lipinski definition) is 7. The van der Waals surface area contributed by atoms with E-state index < -0.39 is 11.8 Å². The number of aromatic nitrogens is 2. The molecular weight excluding hydrogens is 535 g/mol.